The number of amides is 2. The van der Waals surface area contributed by atoms with Crippen molar-refractivity contribution in [1.82, 2.24) is 10.2 Å². The molecule has 4 nitrogen and oxygen atoms in total. The van der Waals surface area contributed by atoms with Crippen LogP contribution in [-0.2, 0) is 29.0 Å². The SMILES string of the molecule is CC[C@H](C)NC(=O)[C@H](Cc1ccccc1)N(Cc1ccccc1F)C(=O)Cc1ccc(Cl)cc1Cl. The van der Waals surface area contributed by atoms with Crippen LogP contribution in [0.5, 0.6) is 0 Å². The van der Waals surface area contributed by atoms with Gasteiger partial charge in [-0.25, -0.2) is 4.39 Å². The lowest BCUT2D eigenvalue weighted by Crippen LogP contribution is -2.52. The van der Waals surface area contributed by atoms with E-state index in [4.69, 9.17) is 23.2 Å². The zero-order chi connectivity index (χ0) is 25.4. The Morgan fingerprint density at radius 3 is 2.31 bits per heavy atom. The number of nitrogens with zero attached hydrogens (tertiary/aromatic N) is 1. The highest BCUT2D eigenvalue weighted by Gasteiger charge is 2.31. The second-order valence-electron chi connectivity index (χ2n) is 8.55. The van der Waals surface area contributed by atoms with E-state index in [1.54, 1.807) is 36.4 Å². The molecule has 0 aliphatic heterocycles. The Kier molecular flexibility index (Phi) is 9.70. The molecule has 0 saturated carbocycles. The average Bonchev–Trinajstić information content (AvgIpc) is 2.84. The third kappa shape index (κ3) is 7.55. The second kappa shape index (κ2) is 12.7. The Morgan fingerprint density at radius 1 is 0.971 bits per heavy atom. The highest BCUT2D eigenvalue weighted by Crippen LogP contribution is 2.24. The van der Waals surface area contributed by atoms with Crippen molar-refractivity contribution in [2.75, 3.05) is 0 Å². The summed E-state index contributed by atoms with van der Waals surface area (Å²) in [7, 11) is 0. The Labute approximate surface area is 216 Å². The summed E-state index contributed by atoms with van der Waals surface area (Å²) in [6, 6.07) is 19.8. The molecule has 35 heavy (non-hydrogen) atoms. The van der Waals surface area contributed by atoms with Crippen molar-refractivity contribution in [3.05, 3.63) is 105 Å². The minimum absolute atomic E-state index is 0.0493. The molecule has 2 atom stereocenters. The highest BCUT2D eigenvalue weighted by molar-refractivity contribution is 6.35. The van der Waals surface area contributed by atoms with Crippen molar-refractivity contribution < 1.29 is 14.0 Å². The molecular weight excluding hydrogens is 486 g/mol. The van der Waals surface area contributed by atoms with Crippen LogP contribution >= 0.6 is 23.2 Å². The quantitative estimate of drug-likeness (QED) is 0.348. The molecule has 0 heterocycles. The molecule has 3 aromatic rings. The minimum Gasteiger partial charge on any atom is -0.352 e. The smallest absolute Gasteiger partial charge is 0.243 e. The van der Waals surface area contributed by atoms with Gasteiger partial charge in [0.15, 0.2) is 0 Å². The molecular formula is C28H29Cl2FN2O2. The maximum absolute atomic E-state index is 14.6. The first-order chi connectivity index (χ1) is 16.8. The molecule has 0 radical (unpaired) electrons. The maximum Gasteiger partial charge on any atom is 0.243 e. The van der Waals surface area contributed by atoms with Gasteiger partial charge >= 0.3 is 0 Å². The van der Waals surface area contributed by atoms with E-state index in [0.29, 0.717) is 21.2 Å². The summed E-state index contributed by atoms with van der Waals surface area (Å²) in [5, 5.41) is 3.82. The van der Waals surface area contributed by atoms with E-state index in [0.717, 1.165) is 12.0 Å². The van der Waals surface area contributed by atoms with Gasteiger partial charge in [0.25, 0.3) is 0 Å². The molecule has 0 aliphatic rings. The standard InChI is InChI=1S/C28H29Cl2FN2O2/c1-3-19(2)32-28(35)26(15-20-9-5-4-6-10-20)33(18-22-11-7-8-12-25(22)31)27(34)16-21-13-14-23(29)17-24(21)30/h4-14,17,19,26H,3,15-16,18H2,1-2H3,(H,32,35)/t19-,26-/m0/s1. The molecule has 0 unspecified atom stereocenters. The molecule has 3 rings (SSSR count). The Morgan fingerprint density at radius 2 is 1.66 bits per heavy atom. The molecule has 1 N–H and O–H groups in total. The summed E-state index contributed by atoms with van der Waals surface area (Å²) in [4.78, 5) is 28.6. The van der Waals surface area contributed by atoms with E-state index in [-0.39, 0.29) is 37.2 Å². The van der Waals surface area contributed by atoms with Crippen molar-refractivity contribution >= 4 is 35.0 Å². The van der Waals surface area contributed by atoms with Gasteiger partial charge in [0.1, 0.15) is 11.9 Å². The third-order valence-corrected chi connectivity index (χ3v) is 6.51. The van der Waals surface area contributed by atoms with Crippen LogP contribution in [0.2, 0.25) is 10.0 Å². The molecule has 184 valence electrons. The third-order valence-electron chi connectivity index (χ3n) is 5.93. The number of hydrogen-bond donors (Lipinski definition) is 1. The van der Waals surface area contributed by atoms with Crippen molar-refractivity contribution in [2.24, 2.45) is 0 Å². The predicted molar refractivity (Wildman–Crippen MR) is 139 cm³/mol. The molecule has 7 heteroatoms. The topological polar surface area (TPSA) is 49.4 Å². The van der Waals surface area contributed by atoms with Gasteiger partial charge in [-0.1, -0.05) is 84.7 Å². The van der Waals surface area contributed by atoms with Gasteiger partial charge in [0, 0.05) is 34.6 Å². The van der Waals surface area contributed by atoms with Crippen LogP contribution in [-0.4, -0.2) is 28.8 Å². The van der Waals surface area contributed by atoms with Gasteiger partial charge in [-0.15, -0.1) is 0 Å². The van der Waals surface area contributed by atoms with Gasteiger partial charge in [-0.3, -0.25) is 9.59 Å². The number of nitrogens with one attached hydrogen (secondary N) is 1. The summed E-state index contributed by atoms with van der Waals surface area (Å²) in [6.07, 6.45) is 0.982. The van der Waals surface area contributed by atoms with Gasteiger partial charge in [-0.05, 0) is 42.7 Å². The lowest BCUT2D eigenvalue weighted by Gasteiger charge is -2.32. The van der Waals surface area contributed by atoms with Crippen LogP contribution in [0.1, 0.15) is 37.0 Å². The van der Waals surface area contributed by atoms with Crippen molar-refractivity contribution in [1.29, 1.82) is 0 Å². The first kappa shape index (κ1) is 26.7. The normalized spacial score (nSPS) is 12.6. The van der Waals surface area contributed by atoms with E-state index in [1.807, 2.05) is 44.2 Å². The van der Waals surface area contributed by atoms with Crippen LogP contribution in [0.15, 0.2) is 72.8 Å². The fraction of sp³-hybridized carbons (Fsp3) is 0.286. The minimum atomic E-state index is -0.843. The summed E-state index contributed by atoms with van der Waals surface area (Å²) < 4.78 is 14.6. The van der Waals surface area contributed by atoms with E-state index in [9.17, 15) is 14.0 Å². The summed E-state index contributed by atoms with van der Waals surface area (Å²) in [5.41, 5.74) is 1.81. The van der Waals surface area contributed by atoms with E-state index in [1.165, 1.54) is 11.0 Å². The molecule has 0 bridgehead atoms. The second-order valence-corrected chi connectivity index (χ2v) is 9.39. The summed E-state index contributed by atoms with van der Waals surface area (Å²) in [6.45, 7) is 3.83. The van der Waals surface area contributed by atoms with Crippen LogP contribution in [0.3, 0.4) is 0 Å². The number of rotatable bonds is 10. The van der Waals surface area contributed by atoms with Crippen LogP contribution in [0.25, 0.3) is 0 Å². The lowest BCUT2D eigenvalue weighted by molar-refractivity contribution is -0.141. The molecule has 0 fully saturated rings. The Hall–Kier alpha value is -2.89. The van der Waals surface area contributed by atoms with E-state index in [2.05, 4.69) is 5.32 Å². The molecule has 0 aliphatic carbocycles. The first-order valence-corrected chi connectivity index (χ1v) is 12.3. The molecule has 0 saturated heterocycles. The first-order valence-electron chi connectivity index (χ1n) is 11.6. The largest absolute Gasteiger partial charge is 0.352 e. The number of hydrogen-bond acceptors (Lipinski definition) is 2. The summed E-state index contributed by atoms with van der Waals surface area (Å²) in [5.74, 6) is -1.05. The van der Waals surface area contributed by atoms with E-state index < -0.39 is 11.9 Å². The van der Waals surface area contributed by atoms with Crippen molar-refractivity contribution in [3.63, 3.8) is 0 Å². The zero-order valence-corrected chi connectivity index (χ0v) is 21.3. The van der Waals surface area contributed by atoms with Gasteiger partial charge < -0.3 is 10.2 Å². The Bertz CT molecular complexity index is 1160. The van der Waals surface area contributed by atoms with Crippen LogP contribution in [0, 0.1) is 5.82 Å². The van der Waals surface area contributed by atoms with Gasteiger partial charge in [-0.2, -0.15) is 0 Å². The lowest BCUT2D eigenvalue weighted by atomic mass is 10.0. The van der Waals surface area contributed by atoms with Crippen LogP contribution < -0.4 is 5.32 Å². The molecule has 0 spiro atoms. The van der Waals surface area contributed by atoms with E-state index >= 15 is 0 Å². The number of benzene rings is 3. The maximum atomic E-state index is 14.6. The monoisotopic (exact) mass is 514 g/mol. The number of halogens is 3. The fourth-order valence-corrected chi connectivity index (χ4v) is 4.21. The molecule has 2 amide bonds. The van der Waals surface area contributed by atoms with Crippen molar-refractivity contribution in [3.8, 4) is 0 Å². The van der Waals surface area contributed by atoms with Crippen LogP contribution in [0.4, 0.5) is 4.39 Å². The van der Waals surface area contributed by atoms with Gasteiger partial charge in [0.2, 0.25) is 11.8 Å². The highest BCUT2D eigenvalue weighted by atomic mass is 35.5. The fourth-order valence-electron chi connectivity index (χ4n) is 3.73. The zero-order valence-electron chi connectivity index (χ0n) is 19.8. The average molecular weight is 515 g/mol. The number of carbonyl (C=O) groups excluding carboxylic acids is 2. The Balaban J connectivity index is 2.00. The molecule has 0 aromatic heterocycles. The van der Waals surface area contributed by atoms with Gasteiger partial charge in [0.05, 0.1) is 6.42 Å². The molecule has 3 aromatic carbocycles. The van der Waals surface area contributed by atoms with Crippen molar-refractivity contribution in [2.45, 2.75) is 51.7 Å². The summed E-state index contributed by atoms with van der Waals surface area (Å²) >= 11 is 12.3. The number of carbonyl (C=O) groups is 2. The predicted octanol–water partition coefficient (Wildman–Crippen LogP) is 6.23.